The molecule has 8 heteroatoms. The van der Waals surface area contributed by atoms with Crippen LogP contribution in [-0.4, -0.2) is 38.7 Å². The Morgan fingerprint density at radius 1 is 1.17 bits per heavy atom. The van der Waals surface area contributed by atoms with Gasteiger partial charge in [0.15, 0.2) is 11.6 Å². The van der Waals surface area contributed by atoms with Gasteiger partial charge in [-0.15, -0.1) is 0 Å². The van der Waals surface area contributed by atoms with E-state index >= 15 is 0 Å². The van der Waals surface area contributed by atoms with Crippen molar-refractivity contribution in [3.63, 3.8) is 0 Å². The molecule has 0 unspecified atom stereocenters. The molecule has 3 rings (SSSR count). The summed E-state index contributed by atoms with van der Waals surface area (Å²) >= 11 is 0. The van der Waals surface area contributed by atoms with Gasteiger partial charge in [0.25, 0.3) is 0 Å². The van der Waals surface area contributed by atoms with E-state index < -0.39 is 17.4 Å². The van der Waals surface area contributed by atoms with E-state index in [0.717, 1.165) is 0 Å². The van der Waals surface area contributed by atoms with Crippen molar-refractivity contribution < 1.29 is 24.2 Å². The van der Waals surface area contributed by atoms with Gasteiger partial charge in [-0.1, -0.05) is 0 Å². The molecule has 0 bridgehead atoms. The van der Waals surface area contributed by atoms with Gasteiger partial charge < -0.3 is 14.6 Å². The zero-order valence-corrected chi connectivity index (χ0v) is 17.3. The number of ether oxygens (including phenoxy) is 2. The van der Waals surface area contributed by atoms with E-state index in [2.05, 4.69) is 26.7 Å². The molecule has 2 heterocycles. The second-order valence-corrected chi connectivity index (χ2v) is 7.61. The summed E-state index contributed by atoms with van der Waals surface area (Å²) in [6.45, 7) is 6.88. The van der Waals surface area contributed by atoms with Crippen LogP contribution in [0.4, 0.5) is 0 Å². The number of rotatable bonds is 2. The Morgan fingerprint density at radius 2 is 1.83 bits per heavy atom. The second kappa shape index (κ2) is 7.87. The largest absolute Gasteiger partial charge is 0.493 e. The molecule has 0 spiro atoms. The summed E-state index contributed by atoms with van der Waals surface area (Å²) in [6.07, 6.45) is 1.33. The number of carbonyl (C=O) groups is 2. The molecule has 0 radical (unpaired) electrons. The molecule has 0 fully saturated rings. The summed E-state index contributed by atoms with van der Waals surface area (Å²) in [7, 11) is 1.31. The van der Waals surface area contributed by atoms with Crippen molar-refractivity contribution in [2.24, 2.45) is 5.41 Å². The Labute approximate surface area is 173 Å². The number of esters is 2. The Bertz CT molecular complexity index is 1140. The highest BCUT2D eigenvalue weighted by atomic mass is 16.5. The van der Waals surface area contributed by atoms with Gasteiger partial charge in [-0.05, 0) is 57.9 Å². The Kier molecular flexibility index (Phi) is 5.47. The maximum atomic E-state index is 12.3. The summed E-state index contributed by atoms with van der Waals surface area (Å²) in [5.74, 6) is 2.16. The van der Waals surface area contributed by atoms with E-state index in [1.807, 2.05) is 0 Å². The number of nitrogens with zero attached hydrogens (tertiary/aromatic N) is 3. The number of hydrogen-bond acceptors (Lipinski definition) is 7. The minimum Gasteiger partial charge on any atom is -0.493 e. The first-order valence-corrected chi connectivity index (χ1v) is 9.11. The molecule has 30 heavy (non-hydrogen) atoms. The van der Waals surface area contributed by atoms with Gasteiger partial charge in [0.1, 0.15) is 11.9 Å². The molecule has 0 saturated heterocycles. The second-order valence-electron chi connectivity index (χ2n) is 7.61. The molecule has 0 saturated carbocycles. The molecule has 0 aromatic heterocycles. The predicted octanol–water partition coefficient (Wildman–Crippen LogP) is 2.99. The third-order valence-electron chi connectivity index (χ3n) is 4.23. The molecule has 154 valence electrons. The molecular formula is C22H21N3O5. The maximum Gasteiger partial charge on any atom is 0.337 e. The summed E-state index contributed by atoms with van der Waals surface area (Å²) in [6, 6.07) is 9.28. The highest BCUT2D eigenvalue weighted by molar-refractivity contribution is 5.89. The van der Waals surface area contributed by atoms with Gasteiger partial charge in [0.05, 0.1) is 23.8 Å². The van der Waals surface area contributed by atoms with Crippen molar-refractivity contribution in [3.05, 3.63) is 47.4 Å². The van der Waals surface area contributed by atoms with E-state index in [-0.39, 0.29) is 23.0 Å². The number of fused-ring (bicyclic) bond motifs is 1. The topological polar surface area (TPSA) is 104 Å². The van der Waals surface area contributed by atoms with E-state index in [0.29, 0.717) is 16.8 Å². The molecule has 8 nitrogen and oxygen atoms in total. The van der Waals surface area contributed by atoms with Crippen LogP contribution in [0.1, 0.15) is 42.4 Å². The van der Waals surface area contributed by atoms with Gasteiger partial charge in [-0.25, -0.2) is 19.3 Å². The van der Waals surface area contributed by atoms with Gasteiger partial charge in [0.2, 0.25) is 5.88 Å². The smallest absolute Gasteiger partial charge is 0.337 e. The molecule has 2 aliphatic rings. The quantitative estimate of drug-likeness (QED) is 0.514. The number of hydrogen-bond donors (Lipinski definition) is 1. The lowest BCUT2D eigenvalue weighted by molar-refractivity contribution is -0.143. The monoisotopic (exact) mass is 407 g/mol. The molecule has 0 aliphatic carbocycles. The lowest BCUT2D eigenvalue weighted by Gasteiger charge is -2.17. The third kappa shape index (κ3) is 4.10. The molecule has 0 atom stereocenters. The van der Waals surface area contributed by atoms with Crippen LogP contribution in [0.5, 0.6) is 11.6 Å². The summed E-state index contributed by atoms with van der Waals surface area (Å²) in [4.78, 5) is 32.3. The fourth-order valence-electron chi connectivity index (χ4n) is 2.52. The van der Waals surface area contributed by atoms with Crippen LogP contribution in [0.2, 0.25) is 0 Å². The van der Waals surface area contributed by atoms with Crippen molar-refractivity contribution in [2.45, 2.75) is 27.7 Å². The average Bonchev–Trinajstić information content (AvgIpc) is 3.02. The fourth-order valence-corrected chi connectivity index (χ4v) is 2.52. The summed E-state index contributed by atoms with van der Waals surface area (Å²) in [5, 5.41) is 10.7. The molecule has 0 amide bonds. The van der Waals surface area contributed by atoms with Crippen LogP contribution in [0.3, 0.4) is 0 Å². The molecule has 1 aromatic carbocycles. The van der Waals surface area contributed by atoms with Crippen molar-refractivity contribution in [1.29, 1.82) is 0 Å². The SMILES string of the molecule is COC(=O)c1ccc(C#Cn2cnc3nc(C)c(OC(=O)C(C)(C)C)c-3c2O)cc1. The third-order valence-corrected chi connectivity index (χ3v) is 4.23. The first kappa shape index (κ1) is 20.9. The lowest BCUT2D eigenvalue weighted by Crippen LogP contribution is -2.25. The lowest BCUT2D eigenvalue weighted by atomic mass is 9.97. The zero-order valence-electron chi connectivity index (χ0n) is 17.3. The minimum absolute atomic E-state index is 0.161. The first-order valence-electron chi connectivity index (χ1n) is 9.11. The number of aromatic hydroxyl groups is 1. The molecule has 1 N–H and O–H groups in total. The van der Waals surface area contributed by atoms with Crippen molar-refractivity contribution >= 4 is 11.9 Å². The highest BCUT2D eigenvalue weighted by Gasteiger charge is 2.30. The summed E-state index contributed by atoms with van der Waals surface area (Å²) in [5.41, 5.74) is 0.952. The number of methoxy groups -OCH3 is 1. The molecule has 2 aliphatic heterocycles. The van der Waals surface area contributed by atoms with Crippen LogP contribution >= 0.6 is 0 Å². The predicted molar refractivity (Wildman–Crippen MR) is 108 cm³/mol. The van der Waals surface area contributed by atoms with Crippen LogP contribution in [0.15, 0.2) is 30.6 Å². The van der Waals surface area contributed by atoms with E-state index in [9.17, 15) is 14.7 Å². The maximum absolute atomic E-state index is 12.3. The zero-order chi connectivity index (χ0) is 22.1. The van der Waals surface area contributed by atoms with Gasteiger partial charge in [0, 0.05) is 11.6 Å². The molecule has 1 aromatic rings. The van der Waals surface area contributed by atoms with Crippen molar-refractivity contribution in [3.8, 4) is 35.0 Å². The summed E-state index contributed by atoms with van der Waals surface area (Å²) < 4.78 is 11.4. The van der Waals surface area contributed by atoms with Crippen LogP contribution < -0.4 is 4.74 Å². The molecular weight excluding hydrogens is 386 g/mol. The van der Waals surface area contributed by atoms with Crippen LogP contribution in [0, 0.1) is 24.3 Å². The Hall–Kier alpha value is -3.86. The Morgan fingerprint density at radius 3 is 2.43 bits per heavy atom. The van der Waals surface area contributed by atoms with E-state index in [1.165, 1.54) is 18.0 Å². The van der Waals surface area contributed by atoms with Crippen molar-refractivity contribution in [2.75, 3.05) is 7.11 Å². The average molecular weight is 407 g/mol. The first-order chi connectivity index (χ1) is 14.1. The van der Waals surface area contributed by atoms with E-state index in [1.54, 1.807) is 52.0 Å². The van der Waals surface area contributed by atoms with Crippen molar-refractivity contribution in [1.82, 2.24) is 14.5 Å². The van der Waals surface area contributed by atoms with Crippen LogP contribution in [0.25, 0.3) is 11.4 Å². The van der Waals surface area contributed by atoms with Gasteiger partial charge in [-0.2, -0.15) is 0 Å². The highest BCUT2D eigenvalue weighted by Crippen LogP contribution is 2.40. The number of carbonyl (C=O) groups excluding carboxylic acids is 2. The Balaban J connectivity index is 1.97. The fraction of sp³-hybridized carbons (Fsp3) is 0.273. The standard InChI is InChI=1S/C22H21N3O5/c1-13-17(30-21(28)22(2,3)4)16-18(24-13)23-12-25(19(16)26)11-10-14-6-8-15(9-7-14)20(27)29-5/h6-9,12,26H,1-5H3. The number of aromatic nitrogens is 3. The normalized spacial score (nSPS) is 11.0. The minimum atomic E-state index is -0.722. The van der Waals surface area contributed by atoms with Crippen LogP contribution in [-0.2, 0) is 9.53 Å². The van der Waals surface area contributed by atoms with Gasteiger partial charge in [-0.3, -0.25) is 4.79 Å². The van der Waals surface area contributed by atoms with Gasteiger partial charge >= 0.3 is 11.9 Å². The number of benzene rings is 1. The number of aryl methyl sites for hydroxylation is 1. The van der Waals surface area contributed by atoms with E-state index in [4.69, 9.17) is 4.74 Å².